The second-order valence-electron chi connectivity index (χ2n) is 6.69. The molecule has 0 atom stereocenters. The van der Waals surface area contributed by atoms with E-state index in [1.165, 1.54) is 58.0 Å². The van der Waals surface area contributed by atoms with Gasteiger partial charge in [-0.15, -0.1) is 0 Å². The Morgan fingerprint density at radius 1 is 1.10 bits per heavy atom. The molecule has 0 aromatic carbocycles. The van der Waals surface area contributed by atoms with Gasteiger partial charge in [0.1, 0.15) is 11.6 Å². The fraction of sp³-hybridized carbons (Fsp3) is 0.750. The largest absolute Gasteiger partial charge is 0.384 e. The number of hydrogen-bond donors (Lipinski definition) is 1. The number of nitrogens with zero attached hydrogens (tertiary/aromatic N) is 3. The van der Waals surface area contributed by atoms with Gasteiger partial charge in [-0.2, -0.15) is 0 Å². The van der Waals surface area contributed by atoms with E-state index in [0.29, 0.717) is 11.2 Å². The van der Waals surface area contributed by atoms with Gasteiger partial charge in [-0.05, 0) is 51.1 Å². The van der Waals surface area contributed by atoms with Crippen molar-refractivity contribution in [2.45, 2.75) is 58.4 Å². The lowest BCUT2D eigenvalue weighted by Gasteiger charge is -2.44. The van der Waals surface area contributed by atoms with Crippen molar-refractivity contribution in [1.82, 2.24) is 14.9 Å². The summed E-state index contributed by atoms with van der Waals surface area (Å²) in [6.07, 6.45) is 9.95. The molecule has 0 bridgehead atoms. The third-order valence-corrected chi connectivity index (χ3v) is 5.12. The second kappa shape index (κ2) is 5.68. The van der Waals surface area contributed by atoms with Gasteiger partial charge in [0, 0.05) is 11.8 Å². The topological polar surface area (TPSA) is 55.0 Å². The van der Waals surface area contributed by atoms with E-state index in [1.807, 2.05) is 13.0 Å². The molecule has 2 fully saturated rings. The number of nitrogen functional groups attached to an aromatic ring is 1. The van der Waals surface area contributed by atoms with Crippen molar-refractivity contribution in [2.75, 3.05) is 18.8 Å². The first-order valence-corrected chi connectivity index (χ1v) is 7.98. The van der Waals surface area contributed by atoms with Crippen molar-refractivity contribution in [3.8, 4) is 0 Å². The Morgan fingerprint density at radius 2 is 1.80 bits per heavy atom. The van der Waals surface area contributed by atoms with Crippen LogP contribution in [0.1, 0.15) is 56.5 Å². The van der Waals surface area contributed by atoms with Gasteiger partial charge >= 0.3 is 0 Å². The summed E-state index contributed by atoms with van der Waals surface area (Å²) in [5.41, 5.74) is 7.44. The maximum absolute atomic E-state index is 5.81. The summed E-state index contributed by atoms with van der Waals surface area (Å²) >= 11 is 0. The van der Waals surface area contributed by atoms with Crippen LogP contribution < -0.4 is 5.73 Å². The van der Waals surface area contributed by atoms with Gasteiger partial charge in [-0.3, -0.25) is 4.90 Å². The van der Waals surface area contributed by atoms with Gasteiger partial charge in [0.15, 0.2) is 0 Å². The maximum Gasteiger partial charge on any atom is 0.144 e. The van der Waals surface area contributed by atoms with Crippen LogP contribution in [0.2, 0.25) is 0 Å². The molecule has 1 spiro atoms. The van der Waals surface area contributed by atoms with E-state index in [1.54, 1.807) is 0 Å². The summed E-state index contributed by atoms with van der Waals surface area (Å²) in [5, 5.41) is 0. The Kier molecular flexibility index (Phi) is 3.92. The fourth-order valence-corrected chi connectivity index (χ4v) is 3.91. The number of anilines is 1. The SMILES string of the molecule is Cc1cc(N)nc(CN2CCC3(CCCCC3)CC2)n1. The first-order valence-electron chi connectivity index (χ1n) is 7.98. The van der Waals surface area contributed by atoms with Crippen LogP contribution >= 0.6 is 0 Å². The molecule has 1 aromatic rings. The standard InChI is InChI=1S/C16H26N4/c1-13-11-14(17)19-15(18-13)12-20-9-7-16(8-10-20)5-3-2-4-6-16/h11H,2-10,12H2,1H3,(H2,17,18,19). The summed E-state index contributed by atoms with van der Waals surface area (Å²) in [5.74, 6) is 1.47. The van der Waals surface area contributed by atoms with Crippen LogP contribution in [-0.4, -0.2) is 28.0 Å². The quantitative estimate of drug-likeness (QED) is 0.901. The van der Waals surface area contributed by atoms with Gasteiger partial charge in [0.05, 0.1) is 6.54 Å². The lowest BCUT2D eigenvalue weighted by atomic mass is 9.68. The monoisotopic (exact) mass is 274 g/mol. The smallest absolute Gasteiger partial charge is 0.144 e. The summed E-state index contributed by atoms with van der Waals surface area (Å²) < 4.78 is 0. The zero-order valence-corrected chi connectivity index (χ0v) is 12.6. The molecular formula is C16H26N4. The molecule has 4 heteroatoms. The lowest BCUT2D eigenvalue weighted by molar-refractivity contribution is 0.0629. The molecule has 110 valence electrons. The van der Waals surface area contributed by atoms with Crippen LogP contribution in [0.25, 0.3) is 0 Å². The number of aromatic nitrogens is 2. The Labute approximate surface area is 121 Å². The van der Waals surface area contributed by atoms with E-state index >= 15 is 0 Å². The van der Waals surface area contributed by atoms with Gasteiger partial charge in [0.2, 0.25) is 0 Å². The molecule has 2 N–H and O–H groups in total. The molecule has 0 amide bonds. The summed E-state index contributed by atoms with van der Waals surface area (Å²) in [6, 6.07) is 1.83. The minimum Gasteiger partial charge on any atom is -0.384 e. The van der Waals surface area contributed by atoms with Gasteiger partial charge in [-0.25, -0.2) is 9.97 Å². The molecule has 2 heterocycles. The minimum atomic E-state index is 0.591. The second-order valence-corrected chi connectivity index (χ2v) is 6.69. The van der Waals surface area contributed by atoms with E-state index in [2.05, 4.69) is 14.9 Å². The molecule has 1 aliphatic heterocycles. The maximum atomic E-state index is 5.81. The molecular weight excluding hydrogens is 248 g/mol. The summed E-state index contributed by atoms with van der Waals surface area (Å²) in [4.78, 5) is 11.4. The summed E-state index contributed by atoms with van der Waals surface area (Å²) in [6.45, 7) is 5.21. The van der Waals surface area contributed by atoms with E-state index in [4.69, 9.17) is 5.73 Å². The van der Waals surface area contributed by atoms with Crippen molar-refractivity contribution in [2.24, 2.45) is 5.41 Å². The van der Waals surface area contributed by atoms with Crippen molar-refractivity contribution < 1.29 is 0 Å². The normalized spacial score (nSPS) is 23.1. The van der Waals surface area contributed by atoms with Crippen LogP contribution in [0.4, 0.5) is 5.82 Å². The average Bonchev–Trinajstić information content (AvgIpc) is 2.42. The molecule has 1 saturated heterocycles. The minimum absolute atomic E-state index is 0.591. The third-order valence-electron chi connectivity index (χ3n) is 5.12. The number of hydrogen-bond acceptors (Lipinski definition) is 4. The van der Waals surface area contributed by atoms with Crippen molar-refractivity contribution in [3.05, 3.63) is 17.6 Å². The Morgan fingerprint density at radius 3 is 2.45 bits per heavy atom. The predicted molar refractivity (Wildman–Crippen MR) is 81.2 cm³/mol. The number of piperidine rings is 1. The Balaban J connectivity index is 1.58. The van der Waals surface area contributed by atoms with Crippen molar-refractivity contribution in [3.63, 3.8) is 0 Å². The first-order chi connectivity index (χ1) is 9.65. The summed E-state index contributed by atoms with van der Waals surface area (Å²) in [7, 11) is 0. The number of likely N-dealkylation sites (tertiary alicyclic amines) is 1. The lowest BCUT2D eigenvalue weighted by Crippen LogP contribution is -2.41. The van der Waals surface area contributed by atoms with E-state index in [0.717, 1.165) is 18.1 Å². The van der Waals surface area contributed by atoms with Crippen LogP contribution in [0, 0.1) is 12.3 Å². The highest BCUT2D eigenvalue weighted by atomic mass is 15.2. The number of nitrogens with two attached hydrogens (primary N) is 1. The predicted octanol–water partition coefficient (Wildman–Crippen LogP) is 2.91. The average molecular weight is 274 g/mol. The molecule has 3 rings (SSSR count). The molecule has 1 aliphatic carbocycles. The fourth-order valence-electron chi connectivity index (χ4n) is 3.91. The molecule has 0 radical (unpaired) electrons. The number of aryl methyl sites for hydroxylation is 1. The van der Waals surface area contributed by atoms with Crippen molar-refractivity contribution in [1.29, 1.82) is 0 Å². The van der Waals surface area contributed by atoms with E-state index in [-0.39, 0.29) is 0 Å². The highest BCUT2D eigenvalue weighted by molar-refractivity contribution is 5.29. The van der Waals surface area contributed by atoms with Gasteiger partial charge < -0.3 is 5.73 Å². The first kappa shape index (κ1) is 13.8. The Hall–Kier alpha value is -1.16. The molecule has 0 unspecified atom stereocenters. The zero-order valence-electron chi connectivity index (χ0n) is 12.6. The van der Waals surface area contributed by atoms with Crippen molar-refractivity contribution >= 4 is 5.82 Å². The molecule has 20 heavy (non-hydrogen) atoms. The third kappa shape index (κ3) is 3.11. The number of rotatable bonds is 2. The van der Waals surface area contributed by atoms with Gasteiger partial charge in [-0.1, -0.05) is 19.3 Å². The zero-order chi connectivity index (χ0) is 14.0. The van der Waals surface area contributed by atoms with Gasteiger partial charge in [0.25, 0.3) is 0 Å². The van der Waals surface area contributed by atoms with Crippen LogP contribution in [0.5, 0.6) is 0 Å². The van der Waals surface area contributed by atoms with Crippen LogP contribution in [-0.2, 0) is 6.54 Å². The van der Waals surface area contributed by atoms with Crippen LogP contribution in [0.15, 0.2) is 6.07 Å². The molecule has 1 aromatic heterocycles. The molecule has 4 nitrogen and oxygen atoms in total. The molecule has 1 saturated carbocycles. The van der Waals surface area contributed by atoms with E-state index < -0.39 is 0 Å². The van der Waals surface area contributed by atoms with Crippen LogP contribution in [0.3, 0.4) is 0 Å². The molecule has 2 aliphatic rings. The highest BCUT2D eigenvalue weighted by Crippen LogP contribution is 2.44. The highest BCUT2D eigenvalue weighted by Gasteiger charge is 2.35. The Bertz CT molecular complexity index is 435. The van der Waals surface area contributed by atoms with E-state index in [9.17, 15) is 0 Å².